The van der Waals surface area contributed by atoms with Crippen LogP contribution in [0.15, 0.2) is 24.3 Å². The van der Waals surface area contributed by atoms with Gasteiger partial charge in [0, 0.05) is 6.10 Å². The molecule has 1 aliphatic carbocycles. The smallest absolute Gasteiger partial charge is 0.394 e. The van der Waals surface area contributed by atoms with E-state index in [0.29, 0.717) is 0 Å². The molecule has 70 valence electrons. The molecule has 0 aromatic carbocycles. The van der Waals surface area contributed by atoms with Gasteiger partial charge in [-0.3, -0.25) is 0 Å². The maximum absolute atomic E-state index is 8.06. The van der Waals surface area contributed by atoms with Gasteiger partial charge in [-0.15, -0.1) is 0 Å². The topological polar surface area (TPSA) is 20.2 Å². The first kappa shape index (κ1) is 22.8. The van der Waals surface area contributed by atoms with Crippen LogP contribution in [0.2, 0.25) is 0 Å². The van der Waals surface area contributed by atoms with Gasteiger partial charge >= 0.3 is 26.2 Å². The van der Waals surface area contributed by atoms with E-state index in [1.165, 1.54) is 0 Å². The predicted molar refractivity (Wildman–Crippen MR) is 53.1 cm³/mol. The summed E-state index contributed by atoms with van der Waals surface area (Å²) in [4.78, 5) is 0. The van der Waals surface area contributed by atoms with Crippen LogP contribution < -0.4 is 0 Å². The molecule has 1 N–H and O–H groups in total. The van der Waals surface area contributed by atoms with E-state index in [1.54, 1.807) is 13.8 Å². The molecule has 0 aromatic heterocycles. The van der Waals surface area contributed by atoms with Crippen molar-refractivity contribution < 1.29 is 31.3 Å². The van der Waals surface area contributed by atoms with Gasteiger partial charge in [-0.1, -0.05) is 24.3 Å². The molecule has 1 aliphatic rings. The van der Waals surface area contributed by atoms with Crippen molar-refractivity contribution in [3.05, 3.63) is 39.2 Å². The normalized spacial score (nSPS) is 10.3. The fourth-order valence-electron chi connectivity index (χ4n) is 0.393. The van der Waals surface area contributed by atoms with E-state index < -0.39 is 0 Å². The molecule has 2 heteroatoms. The number of aliphatic hydroxyl groups is 1. The van der Waals surface area contributed by atoms with Gasteiger partial charge < -0.3 is 20.0 Å². The summed E-state index contributed by atoms with van der Waals surface area (Å²) in [7, 11) is 0. The van der Waals surface area contributed by atoms with Gasteiger partial charge in [0.2, 0.25) is 0 Å². The molecule has 0 amide bonds. The van der Waals surface area contributed by atoms with Crippen LogP contribution in [0.3, 0.4) is 0 Å². The van der Waals surface area contributed by atoms with E-state index >= 15 is 0 Å². The fraction of sp³-hybridized carbons (Fsp3) is 0.400. The minimum Gasteiger partial charge on any atom is -0.394 e. The minimum atomic E-state index is -0.167. The monoisotopic (exact) mass is 246 g/mol. The zero-order valence-corrected chi connectivity index (χ0v) is 11.0. The summed E-state index contributed by atoms with van der Waals surface area (Å²) >= 11 is 0. The van der Waals surface area contributed by atoms with Crippen LogP contribution in [0, 0.1) is 14.9 Å². The molecule has 1 nitrogen and oxygen atoms in total. The Kier molecular flexibility index (Phi) is 33.1. The molecule has 0 saturated carbocycles. The molecule has 0 spiro atoms. The number of hydrogen-bond acceptors (Lipinski definition) is 1. The summed E-state index contributed by atoms with van der Waals surface area (Å²) in [6.07, 6.45) is 9.33. The van der Waals surface area contributed by atoms with Crippen molar-refractivity contribution in [3.63, 3.8) is 0 Å². The molecular weight excluding hydrogens is 227 g/mol. The van der Waals surface area contributed by atoms with E-state index in [1.807, 2.05) is 0 Å². The van der Waals surface area contributed by atoms with Crippen molar-refractivity contribution in [2.45, 2.75) is 26.4 Å². The molecule has 0 aromatic rings. The standard InChI is InChI=1S/C5H6.C3H8O.2CH3.Zr/c1-2-4-5-3-1;1-3(2)4;;;/h1-4H,5H2;3-4H,1-2H3;2*1H3;/q;;2*-1;+2. The van der Waals surface area contributed by atoms with E-state index in [9.17, 15) is 0 Å². The maximum atomic E-state index is 8.06. The van der Waals surface area contributed by atoms with Crippen molar-refractivity contribution in [1.29, 1.82) is 0 Å². The Hall–Kier alpha value is 0.323. The first-order valence-electron chi connectivity index (χ1n) is 3.23. The van der Waals surface area contributed by atoms with E-state index in [4.69, 9.17) is 5.11 Å². The largest absolute Gasteiger partial charge is 2.00 e. The van der Waals surface area contributed by atoms with E-state index in [2.05, 4.69) is 24.3 Å². The molecule has 0 fully saturated rings. The van der Waals surface area contributed by atoms with Crippen LogP contribution >= 0.6 is 0 Å². The van der Waals surface area contributed by atoms with Gasteiger partial charge in [0.05, 0.1) is 0 Å². The molecule has 0 atom stereocenters. The summed E-state index contributed by atoms with van der Waals surface area (Å²) in [5.41, 5.74) is 0. The summed E-state index contributed by atoms with van der Waals surface area (Å²) in [5.74, 6) is 0. The number of rotatable bonds is 0. The van der Waals surface area contributed by atoms with Crippen LogP contribution in [0.4, 0.5) is 0 Å². The summed E-state index contributed by atoms with van der Waals surface area (Å²) in [5, 5.41) is 8.06. The number of aliphatic hydroxyl groups excluding tert-OH is 1. The maximum Gasteiger partial charge on any atom is 2.00 e. The Morgan fingerprint density at radius 2 is 1.33 bits per heavy atom. The third-order valence-electron chi connectivity index (χ3n) is 0.655. The molecular formula is C10H20OZr. The first-order chi connectivity index (χ1) is 4.23. The molecule has 0 heterocycles. The quantitative estimate of drug-likeness (QED) is 0.653. The van der Waals surface area contributed by atoms with Crippen LogP contribution in [-0.2, 0) is 26.2 Å². The van der Waals surface area contributed by atoms with E-state index in [-0.39, 0.29) is 47.2 Å². The van der Waals surface area contributed by atoms with Crippen molar-refractivity contribution in [1.82, 2.24) is 0 Å². The molecule has 0 unspecified atom stereocenters. The average Bonchev–Trinajstić information content (AvgIpc) is 2.11. The Balaban J connectivity index is -0.0000000436. The number of allylic oxidation sites excluding steroid dienone is 4. The molecule has 1 rings (SSSR count). The van der Waals surface area contributed by atoms with Crippen LogP contribution in [0.5, 0.6) is 0 Å². The molecule has 0 saturated heterocycles. The van der Waals surface area contributed by atoms with Gasteiger partial charge in [-0.2, -0.15) is 0 Å². The van der Waals surface area contributed by atoms with Gasteiger partial charge in [0.15, 0.2) is 0 Å². The third-order valence-corrected chi connectivity index (χ3v) is 0.655. The molecule has 0 radical (unpaired) electrons. The van der Waals surface area contributed by atoms with Gasteiger partial charge in [-0.25, -0.2) is 0 Å². The third kappa shape index (κ3) is 31.7. The Morgan fingerprint density at radius 3 is 1.42 bits per heavy atom. The zero-order chi connectivity index (χ0) is 7.11. The minimum absolute atomic E-state index is 0. The SMILES string of the molecule is C1=CCC=C1.CC(C)O.[CH3-].[CH3-].[Zr+2]. The van der Waals surface area contributed by atoms with Crippen LogP contribution in [-0.4, -0.2) is 11.2 Å². The average molecular weight is 247 g/mol. The number of hydrogen-bond donors (Lipinski definition) is 1. The second-order valence-electron chi connectivity index (χ2n) is 2.19. The van der Waals surface area contributed by atoms with Crippen LogP contribution in [0.1, 0.15) is 20.3 Å². The van der Waals surface area contributed by atoms with Crippen molar-refractivity contribution in [2.24, 2.45) is 0 Å². The van der Waals surface area contributed by atoms with Crippen molar-refractivity contribution >= 4 is 0 Å². The van der Waals surface area contributed by atoms with Gasteiger partial charge in [-0.05, 0) is 20.3 Å². The molecule has 12 heavy (non-hydrogen) atoms. The summed E-state index contributed by atoms with van der Waals surface area (Å²) < 4.78 is 0. The Morgan fingerprint density at radius 1 is 1.08 bits per heavy atom. The van der Waals surface area contributed by atoms with Crippen LogP contribution in [0.25, 0.3) is 0 Å². The predicted octanol–water partition coefficient (Wildman–Crippen LogP) is 2.79. The van der Waals surface area contributed by atoms with Crippen molar-refractivity contribution in [2.75, 3.05) is 0 Å². The molecule has 0 aliphatic heterocycles. The molecule has 0 bridgehead atoms. The van der Waals surface area contributed by atoms with Gasteiger partial charge in [0.25, 0.3) is 0 Å². The summed E-state index contributed by atoms with van der Waals surface area (Å²) in [6, 6.07) is 0. The zero-order valence-electron chi connectivity index (χ0n) is 8.54. The van der Waals surface area contributed by atoms with E-state index in [0.717, 1.165) is 6.42 Å². The van der Waals surface area contributed by atoms with Gasteiger partial charge in [0.1, 0.15) is 0 Å². The van der Waals surface area contributed by atoms with Crippen molar-refractivity contribution in [3.8, 4) is 0 Å². The Labute approximate surface area is 96.7 Å². The fourth-order valence-corrected chi connectivity index (χ4v) is 0.393. The second kappa shape index (κ2) is 17.4. The Bertz CT molecular complexity index is 93.7. The summed E-state index contributed by atoms with van der Waals surface area (Å²) in [6.45, 7) is 3.44. The first-order valence-corrected chi connectivity index (χ1v) is 3.23. The second-order valence-corrected chi connectivity index (χ2v) is 2.19.